The van der Waals surface area contributed by atoms with Gasteiger partial charge in [0.25, 0.3) is 0 Å². The number of nitrogens with one attached hydrogen (secondary N) is 2. The molecule has 0 unspecified atom stereocenters. The third-order valence-electron chi connectivity index (χ3n) is 4.33. The number of aromatic nitrogens is 1. The third-order valence-corrected chi connectivity index (χ3v) is 5.33. The molecule has 7 heteroatoms. The van der Waals surface area contributed by atoms with Crippen LogP contribution in [-0.2, 0) is 12.8 Å². The highest BCUT2D eigenvalue weighted by Crippen LogP contribution is 2.25. The number of benzene rings is 2. The summed E-state index contributed by atoms with van der Waals surface area (Å²) in [6.45, 7) is 1.30. The standard InChI is InChI=1S/C19H21N5S.HI/c20-18(23-15-9-8-13-4-3-5-14(13)12-15)21-10-11-22-19-24-16-6-1-2-7-17(16)25-19;/h1-2,6-9,12H,3-5,10-11H2,(H,22,24)(H3,20,21,23);1H. The van der Waals surface area contributed by atoms with Crippen molar-refractivity contribution in [3.05, 3.63) is 53.6 Å². The highest BCUT2D eigenvalue weighted by atomic mass is 127. The molecule has 2 aromatic carbocycles. The molecule has 1 heterocycles. The van der Waals surface area contributed by atoms with Gasteiger partial charge in [0, 0.05) is 12.2 Å². The summed E-state index contributed by atoms with van der Waals surface area (Å²) >= 11 is 1.65. The van der Waals surface area contributed by atoms with Crippen LogP contribution in [0.25, 0.3) is 10.2 Å². The first-order valence-corrected chi connectivity index (χ1v) is 9.38. The molecule has 0 bridgehead atoms. The van der Waals surface area contributed by atoms with Crippen LogP contribution >= 0.6 is 35.3 Å². The second kappa shape index (κ2) is 8.68. The Kier molecular flexibility index (Phi) is 6.31. The van der Waals surface area contributed by atoms with Crippen LogP contribution in [-0.4, -0.2) is 24.0 Å². The van der Waals surface area contributed by atoms with Crippen molar-refractivity contribution < 1.29 is 0 Å². The maximum absolute atomic E-state index is 5.99. The highest BCUT2D eigenvalue weighted by Gasteiger charge is 2.10. The first-order chi connectivity index (χ1) is 12.3. The first-order valence-electron chi connectivity index (χ1n) is 8.56. The lowest BCUT2D eigenvalue weighted by Crippen LogP contribution is -2.23. The number of para-hydroxylation sites is 1. The molecule has 0 saturated carbocycles. The molecular formula is C19H22IN5S. The maximum Gasteiger partial charge on any atom is 0.193 e. The molecule has 136 valence electrons. The van der Waals surface area contributed by atoms with Gasteiger partial charge in [-0.15, -0.1) is 24.0 Å². The van der Waals surface area contributed by atoms with Crippen LogP contribution in [0.3, 0.4) is 0 Å². The quantitative estimate of drug-likeness (QED) is 0.222. The topological polar surface area (TPSA) is 75.3 Å². The molecule has 0 atom stereocenters. The van der Waals surface area contributed by atoms with Crippen LogP contribution in [0.15, 0.2) is 47.5 Å². The monoisotopic (exact) mass is 479 g/mol. The third kappa shape index (κ3) is 4.45. The van der Waals surface area contributed by atoms with Crippen molar-refractivity contribution in [2.24, 2.45) is 10.7 Å². The molecular weight excluding hydrogens is 457 g/mol. The fourth-order valence-electron chi connectivity index (χ4n) is 3.12. The zero-order valence-corrected chi connectivity index (χ0v) is 17.5. The van der Waals surface area contributed by atoms with Crippen molar-refractivity contribution in [2.45, 2.75) is 19.3 Å². The van der Waals surface area contributed by atoms with Gasteiger partial charge in [-0.25, -0.2) is 4.98 Å². The zero-order chi connectivity index (χ0) is 17.1. The maximum atomic E-state index is 5.99. The molecule has 1 aromatic heterocycles. The summed E-state index contributed by atoms with van der Waals surface area (Å²) in [5, 5.41) is 7.40. The van der Waals surface area contributed by atoms with Gasteiger partial charge in [-0.3, -0.25) is 4.99 Å². The van der Waals surface area contributed by atoms with Gasteiger partial charge >= 0.3 is 0 Å². The summed E-state index contributed by atoms with van der Waals surface area (Å²) in [6, 6.07) is 14.6. The fourth-order valence-corrected chi connectivity index (χ4v) is 4.02. The number of nitrogens with two attached hydrogens (primary N) is 1. The first kappa shape index (κ1) is 18.9. The van der Waals surface area contributed by atoms with E-state index in [1.54, 1.807) is 11.3 Å². The molecule has 26 heavy (non-hydrogen) atoms. The highest BCUT2D eigenvalue weighted by molar-refractivity contribution is 14.0. The lowest BCUT2D eigenvalue weighted by atomic mass is 10.1. The molecule has 0 spiro atoms. The molecule has 1 aliphatic carbocycles. The summed E-state index contributed by atoms with van der Waals surface area (Å²) in [5.41, 5.74) is 10.9. The Balaban J connectivity index is 0.00000196. The second-order valence-electron chi connectivity index (χ2n) is 6.14. The summed E-state index contributed by atoms with van der Waals surface area (Å²) in [4.78, 5) is 8.92. The van der Waals surface area contributed by atoms with E-state index in [9.17, 15) is 0 Å². The van der Waals surface area contributed by atoms with Gasteiger partial charge in [-0.1, -0.05) is 29.5 Å². The Hall–Kier alpha value is -1.87. The van der Waals surface area contributed by atoms with Crippen LogP contribution in [0.1, 0.15) is 17.5 Å². The molecule has 0 radical (unpaired) electrons. The Bertz CT molecular complexity index is 888. The molecule has 5 nitrogen and oxygen atoms in total. The van der Waals surface area contributed by atoms with E-state index in [0.29, 0.717) is 19.0 Å². The fraction of sp³-hybridized carbons (Fsp3) is 0.263. The molecule has 4 rings (SSSR count). The van der Waals surface area contributed by atoms with Crippen LogP contribution in [0.2, 0.25) is 0 Å². The lowest BCUT2D eigenvalue weighted by molar-refractivity contribution is 0.912. The smallest absolute Gasteiger partial charge is 0.193 e. The molecule has 0 fully saturated rings. The normalized spacial score (nSPS) is 13.3. The Labute approximate surface area is 174 Å². The van der Waals surface area contributed by atoms with Crippen molar-refractivity contribution in [2.75, 3.05) is 23.7 Å². The number of nitrogens with zero attached hydrogens (tertiary/aromatic N) is 2. The summed E-state index contributed by atoms with van der Waals surface area (Å²) in [5.74, 6) is 0.448. The van der Waals surface area contributed by atoms with E-state index in [1.165, 1.54) is 28.7 Å². The van der Waals surface area contributed by atoms with Gasteiger partial charge < -0.3 is 16.4 Å². The minimum absolute atomic E-state index is 0. The number of guanidine groups is 1. The molecule has 4 N–H and O–H groups in total. The number of anilines is 2. The van der Waals surface area contributed by atoms with E-state index < -0.39 is 0 Å². The Morgan fingerprint density at radius 3 is 2.88 bits per heavy atom. The van der Waals surface area contributed by atoms with Crippen molar-refractivity contribution in [3.8, 4) is 0 Å². The van der Waals surface area contributed by atoms with Crippen LogP contribution in [0, 0.1) is 0 Å². The van der Waals surface area contributed by atoms with E-state index in [2.05, 4.69) is 44.9 Å². The number of thiazole rings is 1. The van der Waals surface area contributed by atoms with E-state index >= 15 is 0 Å². The summed E-state index contributed by atoms with van der Waals surface area (Å²) in [6.07, 6.45) is 3.60. The molecule has 1 aliphatic rings. The van der Waals surface area contributed by atoms with E-state index in [-0.39, 0.29) is 24.0 Å². The number of rotatable bonds is 5. The summed E-state index contributed by atoms with van der Waals surface area (Å²) in [7, 11) is 0. The van der Waals surface area contributed by atoms with E-state index in [1.807, 2.05) is 18.2 Å². The van der Waals surface area contributed by atoms with Crippen LogP contribution < -0.4 is 16.4 Å². The zero-order valence-electron chi connectivity index (χ0n) is 14.4. The van der Waals surface area contributed by atoms with Gasteiger partial charge in [0.05, 0.1) is 16.8 Å². The minimum atomic E-state index is 0. The van der Waals surface area contributed by atoms with E-state index in [4.69, 9.17) is 5.73 Å². The van der Waals surface area contributed by atoms with E-state index in [0.717, 1.165) is 22.8 Å². The molecule has 0 saturated heterocycles. The summed E-state index contributed by atoms with van der Waals surface area (Å²) < 4.78 is 1.19. The van der Waals surface area contributed by atoms with Gasteiger partial charge in [0.2, 0.25) is 0 Å². The molecule has 3 aromatic rings. The number of hydrogen-bond acceptors (Lipinski definition) is 4. The van der Waals surface area contributed by atoms with Gasteiger partial charge in [0.1, 0.15) is 0 Å². The Morgan fingerprint density at radius 2 is 2.00 bits per heavy atom. The molecule has 0 aliphatic heterocycles. The van der Waals surface area contributed by atoms with Crippen molar-refractivity contribution in [1.82, 2.24) is 4.98 Å². The average Bonchev–Trinajstić information content (AvgIpc) is 3.24. The Morgan fingerprint density at radius 1 is 1.15 bits per heavy atom. The number of hydrogen-bond donors (Lipinski definition) is 3. The number of fused-ring (bicyclic) bond motifs is 2. The molecule has 0 amide bonds. The number of aryl methyl sites for hydroxylation is 2. The van der Waals surface area contributed by atoms with Crippen molar-refractivity contribution in [1.29, 1.82) is 0 Å². The number of halogens is 1. The number of aliphatic imine (C=N–C) groups is 1. The largest absolute Gasteiger partial charge is 0.370 e. The minimum Gasteiger partial charge on any atom is -0.370 e. The second-order valence-corrected chi connectivity index (χ2v) is 7.17. The lowest BCUT2D eigenvalue weighted by Gasteiger charge is -2.08. The van der Waals surface area contributed by atoms with Crippen molar-refractivity contribution in [3.63, 3.8) is 0 Å². The van der Waals surface area contributed by atoms with Gasteiger partial charge in [-0.2, -0.15) is 0 Å². The van der Waals surface area contributed by atoms with Crippen molar-refractivity contribution >= 4 is 62.3 Å². The van der Waals surface area contributed by atoms with Gasteiger partial charge in [0.15, 0.2) is 11.1 Å². The van der Waals surface area contributed by atoms with Gasteiger partial charge in [-0.05, 0) is 54.7 Å². The predicted molar refractivity (Wildman–Crippen MR) is 122 cm³/mol. The van der Waals surface area contributed by atoms with Crippen LogP contribution in [0.5, 0.6) is 0 Å². The SMILES string of the molecule is I.NC(=NCCNc1nc2ccccc2s1)Nc1ccc2c(c1)CCC2. The average molecular weight is 479 g/mol. The van der Waals surface area contributed by atoms with Crippen LogP contribution in [0.4, 0.5) is 10.8 Å². The predicted octanol–water partition coefficient (Wildman–Crippen LogP) is 4.24.